The molecule has 0 aliphatic carbocycles. The summed E-state index contributed by atoms with van der Waals surface area (Å²) in [5.74, 6) is -0.871. The van der Waals surface area contributed by atoms with E-state index in [1.54, 1.807) is 31.2 Å². The van der Waals surface area contributed by atoms with Crippen LogP contribution in [0.15, 0.2) is 90.3 Å². The summed E-state index contributed by atoms with van der Waals surface area (Å²) in [6.45, 7) is 4.87. The summed E-state index contributed by atoms with van der Waals surface area (Å²) in [7, 11) is -2.60. The number of hydrogen-bond donors (Lipinski definition) is 1. The van der Waals surface area contributed by atoms with E-state index >= 15 is 0 Å². The molecule has 0 fully saturated rings. The molecule has 10 heteroatoms. The van der Waals surface area contributed by atoms with Crippen molar-refractivity contribution in [2.75, 3.05) is 24.6 Å². The largest absolute Gasteiger partial charge is 0.497 e. The highest BCUT2D eigenvalue weighted by molar-refractivity contribution is 7.92. The molecule has 1 unspecified atom stereocenters. The zero-order valence-corrected chi connectivity index (χ0v) is 22.0. The third-order valence-electron chi connectivity index (χ3n) is 5.41. The Morgan fingerprint density at radius 3 is 2.38 bits per heavy atom. The molecule has 0 heterocycles. The van der Waals surface area contributed by atoms with Crippen molar-refractivity contribution < 1.29 is 27.5 Å². The van der Waals surface area contributed by atoms with Crippen LogP contribution >= 0.6 is 11.6 Å². The van der Waals surface area contributed by atoms with Crippen molar-refractivity contribution in [3.8, 4) is 5.75 Å². The number of hydrogen-bond acceptors (Lipinski definition) is 6. The van der Waals surface area contributed by atoms with Crippen molar-refractivity contribution in [1.82, 2.24) is 5.32 Å². The van der Waals surface area contributed by atoms with E-state index in [0.29, 0.717) is 11.4 Å². The Balaban J connectivity index is 1.76. The number of rotatable bonds is 11. The molecule has 0 radical (unpaired) electrons. The van der Waals surface area contributed by atoms with Crippen molar-refractivity contribution in [3.63, 3.8) is 0 Å². The van der Waals surface area contributed by atoms with Gasteiger partial charge in [-0.15, -0.1) is 6.58 Å². The fraction of sp³-hybridized carbons (Fsp3) is 0.185. The zero-order valence-electron chi connectivity index (χ0n) is 20.4. The Bertz CT molecular complexity index is 1360. The van der Waals surface area contributed by atoms with Crippen molar-refractivity contribution in [3.05, 3.63) is 102 Å². The SMILES string of the molecule is C=CCN(c1ccc(OC)cc1)S(=O)(=O)c1ccc(Cl)c(C(=O)OCC(=O)NC(C)c2ccccc2)c1. The van der Waals surface area contributed by atoms with Crippen LogP contribution in [-0.2, 0) is 19.6 Å². The van der Waals surface area contributed by atoms with E-state index in [1.165, 1.54) is 25.3 Å². The molecular formula is C27H27ClN2O6S. The Morgan fingerprint density at radius 2 is 1.76 bits per heavy atom. The number of nitrogens with zero attached hydrogens (tertiary/aromatic N) is 1. The number of anilines is 1. The number of carbonyl (C=O) groups excluding carboxylic acids is 2. The summed E-state index contributed by atoms with van der Waals surface area (Å²) in [5.41, 5.74) is 1.09. The van der Waals surface area contributed by atoms with Gasteiger partial charge >= 0.3 is 5.97 Å². The molecule has 194 valence electrons. The molecule has 0 aliphatic heterocycles. The maximum atomic E-state index is 13.5. The lowest BCUT2D eigenvalue weighted by atomic mass is 10.1. The minimum absolute atomic E-state index is 0.0123. The van der Waals surface area contributed by atoms with E-state index in [-0.39, 0.29) is 28.1 Å². The molecule has 1 amide bonds. The first-order valence-electron chi connectivity index (χ1n) is 11.3. The van der Waals surface area contributed by atoms with Crippen LogP contribution in [0.4, 0.5) is 5.69 Å². The van der Waals surface area contributed by atoms with Gasteiger partial charge < -0.3 is 14.8 Å². The third-order valence-corrected chi connectivity index (χ3v) is 7.53. The van der Waals surface area contributed by atoms with Crippen LogP contribution < -0.4 is 14.4 Å². The summed E-state index contributed by atoms with van der Waals surface area (Å²) in [6, 6.07) is 19.2. The highest BCUT2D eigenvalue weighted by Gasteiger charge is 2.26. The van der Waals surface area contributed by atoms with Gasteiger partial charge in [0, 0.05) is 0 Å². The first-order valence-corrected chi connectivity index (χ1v) is 13.1. The highest BCUT2D eigenvalue weighted by Crippen LogP contribution is 2.28. The number of ether oxygens (including phenoxy) is 2. The van der Waals surface area contributed by atoms with Gasteiger partial charge in [-0.05, 0) is 55.0 Å². The summed E-state index contributed by atoms with van der Waals surface area (Å²) in [5, 5.41) is 2.73. The maximum absolute atomic E-state index is 13.5. The fourth-order valence-corrected chi connectivity index (χ4v) is 5.13. The Labute approximate surface area is 221 Å². The Morgan fingerprint density at radius 1 is 1.08 bits per heavy atom. The van der Waals surface area contributed by atoms with Crippen molar-refractivity contribution >= 4 is 39.2 Å². The molecular weight excluding hydrogens is 516 g/mol. The van der Waals surface area contributed by atoms with Crippen molar-refractivity contribution in [1.29, 1.82) is 0 Å². The molecule has 37 heavy (non-hydrogen) atoms. The van der Waals surface area contributed by atoms with E-state index in [9.17, 15) is 18.0 Å². The predicted molar refractivity (Wildman–Crippen MR) is 142 cm³/mol. The van der Waals surface area contributed by atoms with Crippen LogP contribution in [0.2, 0.25) is 5.02 Å². The minimum atomic E-state index is -4.11. The lowest BCUT2D eigenvalue weighted by Crippen LogP contribution is -2.32. The Hall–Kier alpha value is -3.82. The van der Waals surface area contributed by atoms with Gasteiger partial charge in [-0.1, -0.05) is 48.0 Å². The van der Waals surface area contributed by atoms with Crippen LogP contribution in [0.5, 0.6) is 5.75 Å². The molecule has 3 aromatic rings. The van der Waals surface area contributed by atoms with Crippen LogP contribution in [0.25, 0.3) is 0 Å². The van der Waals surface area contributed by atoms with Crippen LogP contribution in [0, 0.1) is 0 Å². The predicted octanol–water partition coefficient (Wildman–Crippen LogP) is 4.76. The summed E-state index contributed by atoms with van der Waals surface area (Å²) >= 11 is 6.17. The van der Waals surface area contributed by atoms with Crippen molar-refractivity contribution in [2.45, 2.75) is 17.9 Å². The van der Waals surface area contributed by atoms with Crippen LogP contribution in [0.1, 0.15) is 28.9 Å². The number of methoxy groups -OCH3 is 1. The Kier molecular flexibility index (Phi) is 9.32. The normalized spacial score (nSPS) is 11.8. The number of nitrogens with one attached hydrogen (secondary N) is 1. The fourth-order valence-electron chi connectivity index (χ4n) is 3.47. The molecule has 8 nitrogen and oxygen atoms in total. The second kappa shape index (κ2) is 12.4. The van der Waals surface area contributed by atoms with Gasteiger partial charge in [-0.2, -0.15) is 0 Å². The minimum Gasteiger partial charge on any atom is -0.497 e. The molecule has 0 spiro atoms. The summed E-state index contributed by atoms with van der Waals surface area (Å²) < 4.78 is 38.3. The number of sulfonamides is 1. The second-order valence-corrected chi connectivity index (χ2v) is 10.2. The van der Waals surface area contributed by atoms with E-state index in [0.717, 1.165) is 15.9 Å². The van der Waals surface area contributed by atoms with Crippen LogP contribution in [-0.4, -0.2) is 40.6 Å². The third kappa shape index (κ3) is 6.90. The van der Waals surface area contributed by atoms with Gasteiger partial charge in [0.05, 0.1) is 40.9 Å². The number of amides is 1. The average Bonchev–Trinajstić information content (AvgIpc) is 2.91. The van der Waals surface area contributed by atoms with E-state index < -0.39 is 28.5 Å². The highest BCUT2D eigenvalue weighted by atomic mass is 35.5. The van der Waals surface area contributed by atoms with Gasteiger partial charge in [-0.25, -0.2) is 13.2 Å². The number of carbonyl (C=O) groups is 2. The molecule has 1 N–H and O–H groups in total. The number of benzene rings is 3. The quantitative estimate of drug-likeness (QED) is 0.277. The molecule has 0 saturated carbocycles. The summed E-state index contributed by atoms with van der Waals surface area (Å²) in [4.78, 5) is 24.8. The first kappa shape index (κ1) is 27.8. The monoisotopic (exact) mass is 542 g/mol. The molecule has 0 aromatic heterocycles. The lowest BCUT2D eigenvalue weighted by Gasteiger charge is -2.23. The smallest absolute Gasteiger partial charge is 0.340 e. The molecule has 0 saturated heterocycles. The van der Waals surface area contributed by atoms with Crippen molar-refractivity contribution in [2.24, 2.45) is 0 Å². The maximum Gasteiger partial charge on any atom is 0.340 e. The average molecular weight is 543 g/mol. The summed E-state index contributed by atoms with van der Waals surface area (Å²) in [6.07, 6.45) is 1.45. The standard InChI is InChI=1S/C27H27ClN2O6S/c1-4-16-30(21-10-12-22(35-3)13-11-21)37(33,34)23-14-15-25(28)24(17-23)27(32)36-18-26(31)29-19(2)20-8-6-5-7-9-20/h4-15,17,19H,1,16,18H2,2-3H3,(H,29,31). The molecule has 3 aromatic carbocycles. The van der Waals surface area contributed by atoms with Gasteiger partial charge in [-0.3, -0.25) is 9.10 Å². The number of halogens is 1. The van der Waals surface area contributed by atoms with E-state index in [4.69, 9.17) is 21.1 Å². The molecule has 0 aliphatic rings. The zero-order chi connectivity index (χ0) is 27.0. The van der Waals surface area contributed by atoms with Gasteiger partial charge in [0.2, 0.25) is 0 Å². The van der Waals surface area contributed by atoms with E-state index in [2.05, 4.69) is 11.9 Å². The van der Waals surface area contributed by atoms with Gasteiger partial charge in [0.25, 0.3) is 15.9 Å². The van der Waals surface area contributed by atoms with E-state index in [1.807, 2.05) is 30.3 Å². The van der Waals surface area contributed by atoms with Gasteiger partial charge in [0.1, 0.15) is 5.75 Å². The lowest BCUT2D eigenvalue weighted by molar-refractivity contribution is -0.124. The van der Waals surface area contributed by atoms with Crippen LogP contribution in [0.3, 0.4) is 0 Å². The molecule has 1 atom stereocenters. The topological polar surface area (TPSA) is 102 Å². The second-order valence-electron chi connectivity index (χ2n) is 7.94. The molecule has 3 rings (SSSR count). The first-order chi connectivity index (χ1) is 17.7. The number of esters is 1. The molecule has 0 bridgehead atoms. The van der Waals surface area contributed by atoms with Gasteiger partial charge in [0.15, 0.2) is 6.61 Å².